The van der Waals surface area contributed by atoms with Gasteiger partial charge in [-0.1, -0.05) is 72.8 Å². The molecule has 2 aliphatic carbocycles. The molecule has 2 heteroatoms. The fourth-order valence-corrected chi connectivity index (χ4v) is 5.57. The SMILES string of the molecule is Cc1cc(C2=CC3=Nc4ncc5ccccc5c4C3CC=C2)cc2c1C=C(c1ccccc1)C=C=C2. The van der Waals surface area contributed by atoms with Crippen LogP contribution in [0.4, 0.5) is 5.82 Å². The maximum Gasteiger partial charge on any atom is 0.156 e. The molecule has 0 fully saturated rings. The quantitative estimate of drug-likeness (QED) is 0.275. The van der Waals surface area contributed by atoms with E-state index in [0.29, 0.717) is 0 Å². The van der Waals surface area contributed by atoms with Gasteiger partial charge in [-0.3, -0.25) is 0 Å². The van der Waals surface area contributed by atoms with Crippen LogP contribution in [0.3, 0.4) is 0 Å². The zero-order valence-corrected chi connectivity index (χ0v) is 20.1. The van der Waals surface area contributed by atoms with Crippen molar-refractivity contribution in [3.8, 4) is 0 Å². The Bertz CT molecular complexity index is 1740. The first kappa shape index (κ1) is 20.8. The van der Waals surface area contributed by atoms with E-state index in [0.717, 1.165) is 18.0 Å². The molecule has 1 aromatic heterocycles. The highest BCUT2D eigenvalue weighted by Gasteiger charge is 2.29. The molecule has 7 rings (SSSR count). The highest BCUT2D eigenvalue weighted by atomic mass is 14.9. The summed E-state index contributed by atoms with van der Waals surface area (Å²) in [4.78, 5) is 9.67. The summed E-state index contributed by atoms with van der Waals surface area (Å²) >= 11 is 0. The smallest absolute Gasteiger partial charge is 0.156 e. The maximum absolute atomic E-state index is 4.98. The van der Waals surface area contributed by atoms with Crippen molar-refractivity contribution in [1.82, 2.24) is 4.98 Å². The Kier molecular flexibility index (Phi) is 4.80. The van der Waals surface area contributed by atoms with E-state index in [9.17, 15) is 0 Å². The molecule has 36 heavy (non-hydrogen) atoms. The fraction of sp³-hybridized carbons (Fsp3) is 0.0882. The number of allylic oxidation sites excluding steroid dienone is 6. The van der Waals surface area contributed by atoms with E-state index in [1.807, 2.05) is 6.20 Å². The van der Waals surface area contributed by atoms with E-state index in [1.54, 1.807) is 0 Å². The first-order chi connectivity index (χ1) is 17.7. The second-order valence-corrected chi connectivity index (χ2v) is 9.63. The van der Waals surface area contributed by atoms with Crippen molar-refractivity contribution in [3.05, 3.63) is 136 Å². The number of fused-ring (bicyclic) bond motifs is 6. The summed E-state index contributed by atoms with van der Waals surface area (Å²) in [5.41, 5.74) is 14.2. The summed E-state index contributed by atoms with van der Waals surface area (Å²) in [6, 6.07) is 23.6. The molecule has 0 N–H and O–H groups in total. The van der Waals surface area contributed by atoms with Crippen LogP contribution < -0.4 is 0 Å². The molecule has 0 radical (unpaired) electrons. The molecule has 3 aliphatic rings. The Morgan fingerprint density at radius 1 is 0.861 bits per heavy atom. The second-order valence-electron chi connectivity index (χ2n) is 9.63. The summed E-state index contributed by atoms with van der Waals surface area (Å²) in [5, 5.41) is 2.43. The van der Waals surface area contributed by atoms with E-state index in [4.69, 9.17) is 9.98 Å². The molecule has 1 aliphatic heterocycles. The lowest BCUT2D eigenvalue weighted by Gasteiger charge is -2.12. The van der Waals surface area contributed by atoms with Crippen LogP contribution in [0, 0.1) is 6.92 Å². The first-order valence-electron chi connectivity index (χ1n) is 12.4. The van der Waals surface area contributed by atoms with E-state index in [2.05, 4.69) is 116 Å². The monoisotopic (exact) mass is 460 g/mol. The molecular weight excluding hydrogens is 436 g/mol. The van der Waals surface area contributed by atoms with Crippen LogP contribution in [0.15, 0.2) is 108 Å². The Balaban J connectivity index is 1.30. The number of nitrogens with zero attached hydrogens (tertiary/aromatic N) is 2. The molecule has 0 bridgehead atoms. The van der Waals surface area contributed by atoms with Crippen molar-refractivity contribution >= 4 is 45.6 Å². The summed E-state index contributed by atoms with van der Waals surface area (Å²) < 4.78 is 0. The standard InChI is InChI=1S/C34H24N2/c1-22-17-28(18-26-14-7-12-24(19-31(22)26)23-9-3-2-4-10-23)25-13-8-16-30-32(20-25)36-34-33(30)29-15-6-5-11-27(29)21-35-34/h2-6,8-15,17-21,30H,16H2,1H3. The Morgan fingerprint density at radius 2 is 1.72 bits per heavy atom. The van der Waals surface area contributed by atoms with Gasteiger partial charge in [0.25, 0.3) is 0 Å². The summed E-state index contributed by atoms with van der Waals surface area (Å²) in [5.74, 6) is 1.11. The minimum atomic E-state index is 0.244. The van der Waals surface area contributed by atoms with Crippen LogP contribution in [0.2, 0.25) is 0 Å². The van der Waals surface area contributed by atoms with Gasteiger partial charge in [-0.25, -0.2) is 9.98 Å². The van der Waals surface area contributed by atoms with Gasteiger partial charge in [0.05, 0.1) is 5.71 Å². The van der Waals surface area contributed by atoms with Crippen molar-refractivity contribution in [1.29, 1.82) is 0 Å². The summed E-state index contributed by atoms with van der Waals surface area (Å²) in [6.45, 7) is 2.20. The fourth-order valence-electron chi connectivity index (χ4n) is 5.57. The van der Waals surface area contributed by atoms with E-state index < -0.39 is 0 Å². The van der Waals surface area contributed by atoms with E-state index in [-0.39, 0.29) is 5.92 Å². The summed E-state index contributed by atoms with van der Waals surface area (Å²) in [7, 11) is 0. The van der Waals surface area contributed by atoms with Gasteiger partial charge in [-0.2, -0.15) is 0 Å². The second kappa shape index (κ2) is 8.30. The van der Waals surface area contributed by atoms with Crippen LogP contribution in [0.25, 0.3) is 34.1 Å². The van der Waals surface area contributed by atoms with Gasteiger partial charge >= 0.3 is 0 Å². The Hall–Kier alpha value is -4.52. The largest absolute Gasteiger partial charge is 0.236 e. The molecule has 3 aromatic carbocycles. The average Bonchev–Trinajstić information content (AvgIpc) is 3.04. The van der Waals surface area contributed by atoms with Gasteiger partial charge in [-0.05, 0) is 88.1 Å². The lowest BCUT2D eigenvalue weighted by Crippen LogP contribution is -2.05. The number of hydrogen-bond donors (Lipinski definition) is 0. The Labute approximate surface area is 211 Å². The lowest BCUT2D eigenvalue weighted by atomic mass is 9.90. The number of aliphatic imine (C=N–C) groups is 1. The molecule has 0 saturated carbocycles. The van der Waals surface area contributed by atoms with E-state index in [1.165, 1.54) is 55.3 Å². The zero-order valence-electron chi connectivity index (χ0n) is 20.1. The number of aryl methyl sites for hydroxylation is 1. The lowest BCUT2D eigenvalue weighted by molar-refractivity contribution is 0.943. The number of hydrogen-bond acceptors (Lipinski definition) is 2. The van der Waals surface area contributed by atoms with Gasteiger partial charge < -0.3 is 0 Å². The molecule has 170 valence electrons. The highest BCUT2D eigenvalue weighted by Crippen LogP contribution is 2.43. The topological polar surface area (TPSA) is 25.2 Å². The van der Waals surface area contributed by atoms with Crippen molar-refractivity contribution in [3.63, 3.8) is 0 Å². The van der Waals surface area contributed by atoms with Crippen molar-refractivity contribution in [2.24, 2.45) is 4.99 Å². The average molecular weight is 461 g/mol. The molecule has 1 unspecified atom stereocenters. The van der Waals surface area contributed by atoms with Crippen molar-refractivity contribution in [2.45, 2.75) is 19.3 Å². The number of rotatable bonds is 2. The zero-order chi connectivity index (χ0) is 24.1. The van der Waals surface area contributed by atoms with Gasteiger partial charge in [0, 0.05) is 23.1 Å². The van der Waals surface area contributed by atoms with Crippen LogP contribution in [-0.2, 0) is 0 Å². The third kappa shape index (κ3) is 3.43. The number of benzene rings is 3. The van der Waals surface area contributed by atoms with Crippen molar-refractivity contribution in [2.75, 3.05) is 0 Å². The predicted octanol–water partition coefficient (Wildman–Crippen LogP) is 8.48. The molecule has 2 nitrogen and oxygen atoms in total. The third-order valence-corrected chi connectivity index (χ3v) is 7.37. The number of pyridine rings is 1. The van der Waals surface area contributed by atoms with Crippen LogP contribution in [0.1, 0.15) is 45.7 Å². The molecule has 0 saturated heterocycles. The summed E-state index contributed by atoms with van der Waals surface area (Å²) in [6.07, 6.45) is 16.1. The molecule has 0 amide bonds. The van der Waals surface area contributed by atoms with Gasteiger partial charge in [0.1, 0.15) is 0 Å². The van der Waals surface area contributed by atoms with Crippen LogP contribution >= 0.6 is 0 Å². The molecule has 4 aromatic rings. The van der Waals surface area contributed by atoms with Gasteiger partial charge in [0.15, 0.2) is 5.82 Å². The van der Waals surface area contributed by atoms with Crippen LogP contribution in [0.5, 0.6) is 0 Å². The maximum atomic E-state index is 4.98. The predicted molar refractivity (Wildman–Crippen MR) is 151 cm³/mol. The molecule has 1 atom stereocenters. The molecule has 0 spiro atoms. The normalized spacial score (nSPS) is 17.5. The Morgan fingerprint density at radius 3 is 2.64 bits per heavy atom. The van der Waals surface area contributed by atoms with Gasteiger partial charge in [0.2, 0.25) is 0 Å². The molecular formula is C34H24N2. The number of aromatic nitrogens is 1. The highest BCUT2D eigenvalue weighted by molar-refractivity contribution is 6.13. The third-order valence-electron chi connectivity index (χ3n) is 7.37. The first-order valence-corrected chi connectivity index (χ1v) is 12.4. The minimum absolute atomic E-state index is 0.244. The van der Waals surface area contributed by atoms with Gasteiger partial charge in [-0.15, -0.1) is 5.73 Å². The van der Waals surface area contributed by atoms with Crippen molar-refractivity contribution < 1.29 is 0 Å². The molecule has 2 heterocycles. The van der Waals surface area contributed by atoms with Crippen LogP contribution in [-0.4, -0.2) is 10.7 Å². The van der Waals surface area contributed by atoms with E-state index >= 15 is 0 Å². The minimum Gasteiger partial charge on any atom is -0.236 e.